The van der Waals surface area contributed by atoms with Gasteiger partial charge in [-0.3, -0.25) is 14.6 Å². The number of carbonyl (C=O) groups is 2. The van der Waals surface area contributed by atoms with Gasteiger partial charge in [0.2, 0.25) is 0 Å². The minimum Gasteiger partial charge on any atom is -0.497 e. The molecule has 2 aliphatic rings. The SMILES string of the molecule is CC[C@@]1(c2ccc(OC)cc2)NC(=O)N(CN2CCN(Cc3cccs3)CC2)C1=O. The van der Waals surface area contributed by atoms with Crippen molar-refractivity contribution < 1.29 is 14.3 Å². The van der Waals surface area contributed by atoms with E-state index in [0.717, 1.165) is 44.0 Å². The standard InChI is InChI=1S/C22H28N4O3S/c1-3-22(17-6-8-18(29-2)9-7-17)20(27)26(21(28)23-22)16-25-12-10-24(11-13-25)15-19-5-4-14-30-19/h4-9,14H,3,10-13,15-16H2,1-2H3,(H,23,28)/t22-/m0/s1. The van der Waals surface area contributed by atoms with Crippen LogP contribution >= 0.6 is 11.3 Å². The second-order valence-electron chi connectivity index (χ2n) is 7.77. The van der Waals surface area contributed by atoms with E-state index in [1.54, 1.807) is 18.4 Å². The van der Waals surface area contributed by atoms with E-state index >= 15 is 0 Å². The molecule has 2 fully saturated rings. The Labute approximate surface area is 181 Å². The molecule has 8 heteroatoms. The summed E-state index contributed by atoms with van der Waals surface area (Å²) in [6.45, 7) is 6.75. The van der Waals surface area contributed by atoms with Crippen molar-refractivity contribution in [1.29, 1.82) is 0 Å². The van der Waals surface area contributed by atoms with Crippen LogP contribution in [0.4, 0.5) is 4.79 Å². The zero-order chi connectivity index (χ0) is 21.1. The first-order valence-electron chi connectivity index (χ1n) is 10.3. The van der Waals surface area contributed by atoms with Crippen LogP contribution in [0.15, 0.2) is 41.8 Å². The third-order valence-corrected chi connectivity index (χ3v) is 6.92. The third kappa shape index (κ3) is 3.95. The molecule has 2 aromatic rings. The number of nitrogens with zero attached hydrogens (tertiary/aromatic N) is 3. The predicted molar refractivity (Wildman–Crippen MR) is 116 cm³/mol. The van der Waals surface area contributed by atoms with Gasteiger partial charge in [-0.05, 0) is 35.6 Å². The molecule has 2 aliphatic heterocycles. The number of amides is 3. The van der Waals surface area contributed by atoms with E-state index in [-0.39, 0.29) is 11.9 Å². The van der Waals surface area contributed by atoms with E-state index in [2.05, 4.69) is 32.6 Å². The summed E-state index contributed by atoms with van der Waals surface area (Å²) in [5, 5.41) is 5.06. The molecule has 4 rings (SSSR count). The monoisotopic (exact) mass is 428 g/mol. The fraction of sp³-hybridized carbons (Fsp3) is 0.455. The Balaban J connectivity index is 1.40. The molecule has 0 aliphatic carbocycles. The number of thiophene rings is 1. The van der Waals surface area contributed by atoms with Crippen LogP contribution in [0.5, 0.6) is 5.75 Å². The van der Waals surface area contributed by atoms with Crippen molar-refractivity contribution in [2.45, 2.75) is 25.4 Å². The fourth-order valence-electron chi connectivity index (χ4n) is 4.18. The molecule has 0 spiro atoms. The molecule has 3 amide bonds. The molecule has 7 nitrogen and oxygen atoms in total. The van der Waals surface area contributed by atoms with E-state index in [1.165, 1.54) is 9.78 Å². The van der Waals surface area contributed by atoms with Gasteiger partial charge in [-0.2, -0.15) is 0 Å². The Morgan fingerprint density at radius 3 is 2.37 bits per heavy atom. The summed E-state index contributed by atoms with van der Waals surface area (Å²) < 4.78 is 5.22. The molecule has 1 aromatic carbocycles. The largest absolute Gasteiger partial charge is 0.497 e. The summed E-state index contributed by atoms with van der Waals surface area (Å²) in [7, 11) is 1.61. The van der Waals surface area contributed by atoms with E-state index in [4.69, 9.17) is 4.74 Å². The highest BCUT2D eigenvalue weighted by Crippen LogP contribution is 2.33. The van der Waals surface area contributed by atoms with Gasteiger partial charge < -0.3 is 10.1 Å². The number of hydrogen-bond acceptors (Lipinski definition) is 6. The zero-order valence-corrected chi connectivity index (χ0v) is 18.3. The van der Waals surface area contributed by atoms with E-state index in [9.17, 15) is 9.59 Å². The average Bonchev–Trinajstić information content (AvgIpc) is 3.37. The molecule has 2 saturated heterocycles. The smallest absolute Gasteiger partial charge is 0.326 e. The molecule has 0 unspecified atom stereocenters. The van der Waals surface area contributed by atoms with Gasteiger partial charge in [0.1, 0.15) is 11.3 Å². The van der Waals surface area contributed by atoms with Gasteiger partial charge in [-0.25, -0.2) is 9.69 Å². The Bertz CT molecular complexity index is 878. The minimum atomic E-state index is -1.01. The van der Waals surface area contributed by atoms with Crippen molar-refractivity contribution in [3.8, 4) is 5.75 Å². The maximum absolute atomic E-state index is 13.3. The van der Waals surface area contributed by atoms with E-state index in [1.807, 2.05) is 31.2 Å². The lowest BCUT2D eigenvalue weighted by molar-refractivity contribution is -0.133. The zero-order valence-electron chi connectivity index (χ0n) is 17.5. The second kappa shape index (κ2) is 8.75. The van der Waals surface area contributed by atoms with Crippen molar-refractivity contribution in [2.24, 2.45) is 0 Å². The van der Waals surface area contributed by atoms with E-state index < -0.39 is 5.54 Å². The first kappa shape index (κ1) is 20.8. The summed E-state index contributed by atoms with van der Waals surface area (Å²) in [5.41, 5.74) is -0.225. The number of imide groups is 1. The number of hydrogen-bond donors (Lipinski definition) is 1. The minimum absolute atomic E-state index is 0.179. The van der Waals surface area contributed by atoms with Crippen LogP contribution in [0.2, 0.25) is 0 Å². The number of ether oxygens (including phenoxy) is 1. The summed E-state index contributed by atoms with van der Waals surface area (Å²) in [4.78, 5) is 33.4. The van der Waals surface area contributed by atoms with Crippen LogP contribution in [-0.2, 0) is 16.9 Å². The van der Waals surface area contributed by atoms with Crippen LogP contribution in [0.1, 0.15) is 23.8 Å². The van der Waals surface area contributed by atoms with Crippen LogP contribution in [-0.4, -0.2) is 66.6 Å². The highest BCUT2D eigenvalue weighted by molar-refractivity contribution is 7.09. The molecule has 160 valence electrons. The fourth-order valence-corrected chi connectivity index (χ4v) is 4.93. The van der Waals surface area contributed by atoms with Crippen LogP contribution in [0, 0.1) is 0 Å². The van der Waals surface area contributed by atoms with E-state index in [0.29, 0.717) is 13.1 Å². The second-order valence-corrected chi connectivity index (χ2v) is 8.80. The van der Waals surface area contributed by atoms with Gasteiger partial charge in [-0.1, -0.05) is 25.1 Å². The Morgan fingerprint density at radius 1 is 1.07 bits per heavy atom. The van der Waals surface area contributed by atoms with Crippen LogP contribution in [0.25, 0.3) is 0 Å². The normalized spacial score (nSPS) is 23.1. The molecular weight excluding hydrogens is 400 g/mol. The Kier molecular flexibility index (Phi) is 6.08. The van der Waals surface area contributed by atoms with Crippen LogP contribution < -0.4 is 10.1 Å². The van der Waals surface area contributed by atoms with Gasteiger partial charge in [-0.15, -0.1) is 11.3 Å². The summed E-state index contributed by atoms with van der Waals surface area (Å²) >= 11 is 1.78. The van der Waals surface area contributed by atoms with Crippen LogP contribution in [0.3, 0.4) is 0 Å². The molecule has 0 bridgehead atoms. The van der Waals surface area contributed by atoms with Gasteiger partial charge in [0.25, 0.3) is 5.91 Å². The van der Waals surface area contributed by atoms with Gasteiger partial charge >= 0.3 is 6.03 Å². The third-order valence-electron chi connectivity index (χ3n) is 6.05. The first-order chi connectivity index (χ1) is 14.6. The molecule has 1 atom stereocenters. The van der Waals surface area contributed by atoms with Gasteiger partial charge in [0.05, 0.1) is 13.8 Å². The lowest BCUT2D eigenvalue weighted by Crippen LogP contribution is -2.51. The highest BCUT2D eigenvalue weighted by Gasteiger charge is 2.51. The number of urea groups is 1. The topological polar surface area (TPSA) is 65.1 Å². The maximum atomic E-state index is 13.3. The summed E-state index contributed by atoms with van der Waals surface area (Å²) in [6.07, 6.45) is 0.495. The molecule has 30 heavy (non-hydrogen) atoms. The number of rotatable bonds is 7. The molecule has 1 aromatic heterocycles. The summed E-state index contributed by atoms with van der Waals surface area (Å²) in [6, 6.07) is 11.3. The van der Waals surface area contributed by atoms with Gasteiger partial charge in [0.15, 0.2) is 0 Å². The van der Waals surface area contributed by atoms with Crippen molar-refractivity contribution in [1.82, 2.24) is 20.0 Å². The summed E-state index contributed by atoms with van der Waals surface area (Å²) in [5.74, 6) is 0.542. The highest BCUT2D eigenvalue weighted by atomic mass is 32.1. The van der Waals surface area contributed by atoms with Crippen molar-refractivity contribution >= 4 is 23.3 Å². The van der Waals surface area contributed by atoms with Crippen molar-refractivity contribution in [3.05, 3.63) is 52.2 Å². The lowest BCUT2D eigenvalue weighted by atomic mass is 9.87. The molecule has 0 saturated carbocycles. The first-order valence-corrected chi connectivity index (χ1v) is 11.2. The van der Waals surface area contributed by atoms with Gasteiger partial charge in [0, 0.05) is 37.6 Å². The number of piperazine rings is 1. The predicted octanol–water partition coefficient (Wildman–Crippen LogP) is 2.69. The molecule has 0 radical (unpaired) electrons. The number of methoxy groups -OCH3 is 1. The lowest BCUT2D eigenvalue weighted by Gasteiger charge is -2.36. The average molecular weight is 429 g/mol. The van der Waals surface area contributed by atoms with Crippen molar-refractivity contribution in [2.75, 3.05) is 40.0 Å². The number of carbonyl (C=O) groups excluding carboxylic acids is 2. The molecule has 3 heterocycles. The van der Waals surface area contributed by atoms with Crippen molar-refractivity contribution in [3.63, 3.8) is 0 Å². The molecule has 1 N–H and O–H groups in total. The molecular formula is C22H28N4O3S. The Morgan fingerprint density at radius 2 is 1.77 bits per heavy atom. The number of benzene rings is 1. The number of nitrogens with one attached hydrogen (secondary N) is 1. The Hall–Kier alpha value is -2.42. The quantitative estimate of drug-likeness (QED) is 0.687. The maximum Gasteiger partial charge on any atom is 0.326 e.